The van der Waals surface area contributed by atoms with Gasteiger partial charge in [-0.05, 0) is 29.8 Å². The molecule has 180 valence electrons. The molecule has 9 nitrogen and oxygen atoms in total. The first-order valence-electron chi connectivity index (χ1n) is 9.76. The fourth-order valence-corrected chi connectivity index (χ4v) is 4.37. The lowest BCUT2D eigenvalue weighted by atomic mass is 10.2. The van der Waals surface area contributed by atoms with Crippen LogP contribution < -0.4 is 11.1 Å². The maximum Gasteiger partial charge on any atom is 0.323 e. The van der Waals surface area contributed by atoms with Crippen molar-refractivity contribution in [2.75, 3.05) is 24.0 Å². The number of carbonyl (C=O) groups is 2. The average molecular weight is 515 g/mol. The average Bonchev–Trinajstić information content (AvgIpc) is 2.76. The fourth-order valence-electron chi connectivity index (χ4n) is 2.38. The summed E-state index contributed by atoms with van der Waals surface area (Å²) in [6.45, 7) is 1.12. The van der Waals surface area contributed by atoms with Crippen molar-refractivity contribution in [3.05, 3.63) is 60.2 Å². The summed E-state index contributed by atoms with van der Waals surface area (Å²) in [7, 11) is -3.48. The predicted octanol–water partition coefficient (Wildman–Crippen LogP) is 3.14. The number of ether oxygens (including phenoxy) is 1. The molecule has 0 radical (unpaired) electrons. The van der Waals surface area contributed by atoms with E-state index in [9.17, 15) is 18.0 Å². The molecule has 0 aliphatic heterocycles. The molecule has 12 heteroatoms. The van der Waals surface area contributed by atoms with Crippen LogP contribution in [0, 0.1) is 0 Å². The number of sulfone groups is 1. The van der Waals surface area contributed by atoms with E-state index in [1.54, 1.807) is 24.3 Å². The van der Waals surface area contributed by atoms with E-state index in [1.165, 1.54) is 18.7 Å². The van der Waals surface area contributed by atoms with Crippen molar-refractivity contribution in [2.45, 2.75) is 18.7 Å². The quantitative estimate of drug-likeness (QED) is 0.192. The summed E-state index contributed by atoms with van der Waals surface area (Å²) in [4.78, 5) is 22.6. The van der Waals surface area contributed by atoms with Crippen molar-refractivity contribution in [1.29, 1.82) is 0 Å². The van der Waals surface area contributed by atoms with Crippen LogP contribution in [-0.4, -0.2) is 50.3 Å². The van der Waals surface area contributed by atoms with E-state index in [0.29, 0.717) is 17.1 Å². The van der Waals surface area contributed by atoms with Crippen molar-refractivity contribution in [3.8, 4) is 0 Å². The standard InChI is InChI=1S/C21H26N4O5S2.ClH/c1-16(26)23-15-31-13-20(22)21(27)30-11-12-32(28,29)14-17-7-9-19(10-8-17)25-24-18-5-3-2-4-6-18;/h2-10,20H,11-15,22H2,1H3,(H,23,26);1H/t20-;/m0./s1. The highest BCUT2D eigenvalue weighted by atomic mass is 35.5. The van der Waals surface area contributed by atoms with E-state index in [4.69, 9.17) is 10.5 Å². The third kappa shape index (κ3) is 11.8. The first kappa shape index (κ1) is 28.6. The molecular formula is C21H27ClN4O5S2. The molecule has 2 rings (SSSR count). The summed E-state index contributed by atoms with van der Waals surface area (Å²) in [5.74, 6) is -0.760. The third-order valence-corrected chi connectivity index (χ3v) is 6.53. The van der Waals surface area contributed by atoms with Gasteiger partial charge in [0.2, 0.25) is 5.91 Å². The van der Waals surface area contributed by atoms with E-state index < -0.39 is 21.8 Å². The molecule has 0 aliphatic carbocycles. The van der Waals surface area contributed by atoms with Crippen LogP contribution in [0.25, 0.3) is 0 Å². The van der Waals surface area contributed by atoms with E-state index in [-0.39, 0.29) is 42.2 Å². The van der Waals surface area contributed by atoms with Crippen LogP contribution in [0.1, 0.15) is 12.5 Å². The zero-order chi connectivity index (χ0) is 23.4. The van der Waals surface area contributed by atoms with Crippen LogP contribution in [0.5, 0.6) is 0 Å². The molecule has 0 spiro atoms. The summed E-state index contributed by atoms with van der Waals surface area (Å²) in [6.07, 6.45) is 0. The molecule has 0 saturated carbocycles. The molecule has 3 N–H and O–H groups in total. The number of benzene rings is 2. The highest BCUT2D eigenvalue weighted by molar-refractivity contribution is 7.99. The monoisotopic (exact) mass is 514 g/mol. The number of amides is 1. The first-order valence-corrected chi connectivity index (χ1v) is 12.7. The Hall–Kier alpha value is -2.47. The second-order valence-electron chi connectivity index (χ2n) is 6.82. The first-order chi connectivity index (χ1) is 15.2. The van der Waals surface area contributed by atoms with Gasteiger partial charge in [0.25, 0.3) is 0 Å². The molecule has 1 amide bonds. The van der Waals surface area contributed by atoms with Gasteiger partial charge in [0.1, 0.15) is 12.6 Å². The minimum absolute atomic E-state index is 0. The Labute approximate surface area is 203 Å². The van der Waals surface area contributed by atoms with Crippen LogP contribution >= 0.6 is 24.2 Å². The lowest BCUT2D eigenvalue weighted by molar-refractivity contribution is -0.143. The van der Waals surface area contributed by atoms with Gasteiger partial charge < -0.3 is 15.8 Å². The second kappa shape index (κ2) is 14.6. The van der Waals surface area contributed by atoms with Crippen LogP contribution in [0.2, 0.25) is 0 Å². The SMILES string of the molecule is CC(=O)NCSC[C@H](N)C(=O)OCCS(=O)(=O)Cc1ccc(N=Nc2ccccc2)cc1.Cl. The molecule has 0 unspecified atom stereocenters. The minimum atomic E-state index is -3.48. The number of nitrogens with one attached hydrogen (secondary N) is 1. The van der Waals surface area contributed by atoms with Crippen LogP contribution in [0.3, 0.4) is 0 Å². The molecular weight excluding hydrogens is 488 g/mol. The zero-order valence-electron chi connectivity index (χ0n) is 18.0. The number of thioether (sulfide) groups is 1. The number of azo groups is 1. The minimum Gasteiger partial charge on any atom is -0.463 e. The topological polar surface area (TPSA) is 140 Å². The molecule has 0 aromatic heterocycles. The van der Waals surface area contributed by atoms with Gasteiger partial charge in [-0.3, -0.25) is 9.59 Å². The number of hydrogen-bond acceptors (Lipinski definition) is 9. The second-order valence-corrected chi connectivity index (χ2v) is 10.0. The number of halogens is 1. The van der Waals surface area contributed by atoms with Gasteiger partial charge in [0.15, 0.2) is 9.84 Å². The Morgan fingerprint density at radius 1 is 1.06 bits per heavy atom. The van der Waals surface area contributed by atoms with Crippen molar-refractivity contribution in [3.63, 3.8) is 0 Å². The molecule has 1 atom stereocenters. The third-order valence-electron chi connectivity index (χ3n) is 4.02. The van der Waals surface area contributed by atoms with Crippen molar-refractivity contribution >= 4 is 57.3 Å². The normalized spacial score (nSPS) is 12.1. The summed E-state index contributed by atoms with van der Waals surface area (Å²) < 4.78 is 29.6. The highest BCUT2D eigenvalue weighted by Gasteiger charge is 2.18. The summed E-state index contributed by atoms with van der Waals surface area (Å²) in [6, 6.07) is 15.1. The Bertz CT molecular complexity index is 1020. The fraction of sp³-hybridized carbons (Fsp3) is 0.333. The number of esters is 1. The lowest BCUT2D eigenvalue weighted by Gasteiger charge is -2.11. The Balaban J connectivity index is 0.00000544. The van der Waals surface area contributed by atoms with Crippen LogP contribution in [0.4, 0.5) is 11.4 Å². The number of nitrogens with two attached hydrogens (primary N) is 1. The largest absolute Gasteiger partial charge is 0.463 e. The number of rotatable bonds is 12. The van der Waals surface area contributed by atoms with Gasteiger partial charge in [-0.15, -0.1) is 24.2 Å². The number of nitrogens with zero attached hydrogens (tertiary/aromatic N) is 2. The van der Waals surface area contributed by atoms with E-state index in [0.717, 1.165) is 5.69 Å². The van der Waals surface area contributed by atoms with Crippen LogP contribution in [-0.2, 0) is 29.9 Å². The molecule has 0 heterocycles. The number of hydrogen-bond donors (Lipinski definition) is 2. The molecule has 33 heavy (non-hydrogen) atoms. The summed E-state index contributed by atoms with van der Waals surface area (Å²) in [5, 5.41) is 10.8. The molecule has 0 aliphatic rings. The van der Waals surface area contributed by atoms with Gasteiger partial charge in [0.05, 0.1) is 28.8 Å². The lowest BCUT2D eigenvalue weighted by Crippen LogP contribution is -2.36. The van der Waals surface area contributed by atoms with Crippen LogP contribution in [0.15, 0.2) is 64.8 Å². The summed E-state index contributed by atoms with van der Waals surface area (Å²) >= 11 is 1.27. The van der Waals surface area contributed by atoms with Crippen molar-refractivity contribution < 1.29 is 22.7 Å². The highest BCUT2D eigenvalue weighted by Crippen LogP contribution is 2.19. The Morgan fingerprint density at radius 3 is 2.27 bits per heavy atom. The van der Waals surface area contributed by atoms with Crippen molar-refractivity contribution in [1.82, 2.24) is 5.32 Å². The maximum absolute atomic E-state index is 12.3. The molecule has 0 fully saturated rings. The van der Waals surface area contributed by atoms with E-state index >= 15 is 0 Å². The number of carbonyl (C=O) groups excluding carboxylic acids is 2. The summed E-state index contributed by atoms with van der Waals surface area (Å²) in [5.41, 5.74) is 7.64. The maximum atomic E-state index is 12.3. The van der Waals surface area contributed by atoms with Crippen molar-refractivity contribution in [2.24, 2.45) is 16.0 Å². The van der Waals surface area contributed by atoms with Gasteiger partial charge in [-0.1, -0.05) is 30.3 Å². The van der Waals surface area contributed by atoms with Gasteiger partial charge in [-0.25, -0.2) is 8.42 Å². The molecule has 2 aromatic carbocycles. The molecule has 2 aromatic rings. The molecule has 0 saturated heterocycles. The Morgan fingerprint density at radius 2 is 1.67 bits per heavy atom. The van der Waals surface area contributed by atoms with E-state index in [2.05, 4.69) is 15.5 Å². The smallest absolute Gasteiger partial charge is 0.323 e. The van der Waals surface area contributed by atoms with Gasteiger partial charge >= 0.3 is 5.97 Å². The molecule has 0 bridgehead atoms. The van der Waals surface area contributed by atoms with Gasteiger partial charge in [-0.2, -0.15) is 10.2 Å². The van der Waals surface area contributed by atoms with E-state index in [1.807, 2.05) is 30.3 Å². The van der Waals surface area contributed by atoms with Gasteiger partial charge in [0, 0.05) is 12.7 Å². The zero-order valence-corrected chi connectivity index (χ0v) is 20.5. The predicted molar refractivity (Wildman–Crippen MR) is 132 cm³/mol. The Kier molecular flexibility index (Phi) is 12.7.